The van der Waals surface area contributed by atoms with E-state index in [9.17, 15) is 9.59 Å². The predicted molar refractivity (Wildman–Crippen MR) is 105 cm³/mol. The summed E-state index contributed by atoms with van der Waals surface area (Å²) in [4.78, 5) is 22.8. The van der Waals surface area contributed by atoms with Crippen molar-refractivity contribution in [2.24, 2.45) is 0 Å². The van der Waals surface area contributed by atoms with Crippen LogP contribution in [0.3, 0.4) is 0 Å². The van der Waals surface area contributed by atoms with Crippen LogP contribution in [0.15, 0.2) is 65.1 Å². The Bertz CT molecular complexity index is 1020. The van der Waals surface area contributed by atoms with Crippen molar-refractivity contribution in [2.45, 2.75) is 0 Å². The number of hydrogen-bond donors (Lipinski definition) is 2. The number of carbonyl (C=O) groups is 2. The van der Waals surface area contributed by atoms with E-state index in [1.54, 1.807) is 30.3 Å². The van der Waals surface area contributed by atoms with Gasteiger partial charge in [0.2, 0.25) is 5.91 Å². The highest BCUT2D eigenvalue weighted by atomic mass is 35.5. The van der Waals surface area contributed by atoms with Gasteiger partial charge < -0.3 is 14.8 Å². The third-order valence-corrected chi connectivity index (χ3v) is 4.46. The van der Waals surface area contributed by atoms with Crippen LogP contribution in [0.1, 0.15) is 16.1 Å². The minimum Gasteiger partial charge on any atom is -0.478 e. The molecule has 0 saturated heterocycles. The van der Waals surface area contributed by atoms with Crippen molar-refractivity contribution >= 4 is 46.8 Å². The minimum atomic E-state index is -1.03. The van der Waals surface area contributed by atoms with Crippen molar-refractivity contribution in [1.29, 1.82) is 0 Å². The number of benzene rings is 2. The number of carbonyl (C=O) groups excluding carboxylic acids is 1. The number of carboxylic acids is 1. The van der Waals surface area contributed by atoms with Crippen molar-refractivity contribution in [2.75, 3.05) is 5.32 Å². The molecule has 2 aromatic carbocycles. The van der Waals surface area contributed by atoms with E-state index < -0.39 is 5.97 Å². The molecule has 0 unspecified atom stereocenters. The third-order valence-electron chi connectivity index (χ3n) is 3.64. The van der Waals surface area contributed by atoms with E-state index in [4.69, 9.17) is 32.7 Å². The van der Waals surface area contributed by atoms with Gasteiger partial charge in [-0.05, 0) is 54.6 Å². The lowest BCUT2D eigenvalue weighted by Crippen LogP contribution is -2.07. The Morgan fingerprint density at radius 1 is 1.00 bits per heavy atom. The SMILES string of the molecule is O=C(/C=C/c1ccc(-c2cccc(Cl)c2Cl)o1)Nc1ccc(C(=O)O)cc1. The van der Waals surface area contributed by atoms with E-state index in [0.29, 0.717) is 32.8 Å². The summed E-state index contributed by atoms with van der Waals surface area (Å²) in [6.45, 7) is 0. The van der Waals surface area contributed by atoms with Crippen molar-refractivity contribution in [3.63, 3.8) is 0 Å². The highest BCUT2D eigenvalue weighted by molar-refractivity contribution is 6.43. The fourth-order valence-corrected chi connectivity index (χ4v) is 2.71. The average Bonchev–Trinajstić information content (AvgIpc) is 3.11. The number of carboxylic acid groups (broad SMARTS) is 1. The first-order valence-electron chi connectivity index (χ1n) is 7.80. The van der Waals surface area contributed by atoms with Crippen LogP contribution in [0.4, 0.5) is 5.69 Å². The fraction of sp³-hybridized carbons (Fsp3) is 0. The van der Waals surface area contributed by atoms with Crippen LogP contribution in [-0.2, 0) is 4.79 Å². The molecule has 7 heteroatoms. The number of hydrogen-bond acceptors (Lipinski definition) is 3. The molecule has 3 rings (SSSR count). The van der Waals surface area contributed by atoms with Crippen molar-refractivity contribution in [3.05, 3.63) is 82.0 Å². The number of amides is 1. The molecule has 1 amide bonds. The zero-order chi connectivity index (χ0) is 19.4. The molecule has 0 aliphatic rings. The van der Waals surface area contributed by atoms with Gasteiger partial charge in [0.15, 0.2) is 0 Å². The number of halogens is 2. The summed E-state index contributed by atoms with van der Waals surface area (Å²) in [5.41, 5.74) is 1.29. The first-order valence-corrected chi connectivity index (χ1v) is 8.56. The highest BCUT2D eigenvalue weighted by Gasteiger charge is 2.10. The van der Waals surface area contributed by atoms with Gasteiger partial charge in [-0.1, -0.05) is 29.3 Å². The monoisotopic (exact) mass is 401 g/mol. The standard InChI is InChI=1S/C20H13Cl2NO4/c21-16-3-1-2-15(19(16)22)17-10-8-14(27-17)9-11-18(24)23-13-6-4-12(5-7-13)20(25)26/h1-11H,(H,23,24)(H,25,26)/b11-9+. The smallest absolute Gasteiger partial charge is 0.335 e. The van der Waals surface area contributed by atoms with E-state index in [0.717, 1.165) is 0 Å². The third kappa shape index (κ3) is 4.58. The maximum atomic E-state index is 12.0. The maximum absolute atomic E-state index is 12.0. The molecule has 136 valence electrons. The second kappa shape index (κ2) is 8.12. The topological polar surface area (TPSA) is 79.5 Å². The molecule has 0 saturated carbocycles. The van der Waals surface area contributed by atoms with Crippen LogP contribution >= 0.6 is 23.2 Å². The van der Waals surface area contributed by atoms with Crippen LogP contribution in [0, 0.1) is 0 Å². The first-order chi connectivity index (χ1) is 12.9. The number of nitrogens with one attached hydrogen (secondary N) is 1. The second-order valence-corrected chi connectivity index (χ2v) is 6.29. The van der Waals surface area contributed by atoms with Crippen LogP contribution < -0.4 is 5.32 Å². The minimum absolute atomic E-state index is 0.145. The van der Waals surface area contributed by atoms with Crippen molar-refractivity contribution < 1.29 is 19.1 Å². The molecule has 0 radical (unpaired) electrons. The summed E-state index contributed by atoms with van der Waals surface area (Å²) in [6, 6.07) is 14.5. The lowest BCUT2D eigenvalue weighted by molar-refractivity contribution is -0.111. The van der Waals surface area contributed by atoms with Gasteiger partial charge in [-0.2, -0.15) is 0 Å². The van der Waals surface area contributed by atoms with Gasteiger partial charge in [0.1, 0.15) is 11.5 Å². The van der Waals surface area contributed by atoms with Gasteiger partial charge in [0.25, 0.3) is 0 Å². The number of anilines is 1. The fourth-order valence-electron chi connectivity index (χ4n) is 2.32. The van der Waals surface area contributed by atoms with E-state index in [-0.39, 0.29) is 11.5 Å². The maximum Gasteiger partial charge on any atom is 0.335 e. The Morgan fingerprint density at radius 2 is 1.74 bits per heavy atom. The predicted octanol–water partition coefficient (Wildman–Crippen LogP) is 5.60. The molecular formula is C20H13Cl2NO4. The molecule has 0 spiro atoms. The largest absolute Gasteiger partial charge is 0.478 e. The van der Waals surface area contributed by atoms with Gasteiger partial charge in [-0.15, -0.1) is 0 Å². The van der Waals surface area contributed by atoms with Gasteiger partial charge >= 0.3 is 5.97 Å². The molecule has 1 heterocycles. The normalized spacial score (nSPS) is 10.9. The zero-order valence-corrected chi connectivity index (χ0v) is 15.3. The molecule has 0 atom stereocenters. The highest BCUT2D eigenvalue weighted by Crippen LogP contribution is 2.34. The van der Waals surface area contributed by atoms with E-state index in [1.165, 1.54) is 36.4 Å². The summed E-state index contributed by atoms with van der Waals surface area (Å²) < 4.78 is 5.67. The molecular weight excluding hydrogens is 389 g/mol. The van der Waals surface area contributed by atoms with Gasteiger partial charge in [-0.3, -0.25) is 4.79 Å². The number of rotatable bonds is 5. The Morgan fingerprint density at radius 3 is 2.44 bits per heavy atom. The van der Waals surface area contributed by atoms with Crippen LogP contribution in [-0.4, -0.2) is 17.0 Å². The lowest BCUT2D eigenvalue weighted by atomic mass is 10.2. The van der Waals surface area contributed by atoms with Gasteiger partial charge in [-0.25, -0.2) is 4.79 Å². The second-order valence-electron chi connectivity index (χ2n) is 5.51. The Hall–Kier alpha value is -3.02. The molecule has 0 bridgehead atoms. The molecule has 0 aliphatic heterocycles. The number of aromatic carboxylic acids is 1. The zero-order valence-electron chi connectivity index (χ0n) is 13.8. The van der Waals surface area contributed by atoms with E-state index in [2.05, 4.69) is 5.32 Å². The quantitative estimate of drug-likeness (QED) is 0.544. The summed E-state index contributed by atoms with van der Waals surface area (Å²) in [7, 11) is 0. The molecule has 27 heavy (non-hydrogen) atoms. The van der Waals surface area contributed by atoms with E-state index >= 15 is 0 Å². The average molecular weight is 402 g/mol. The first kappa shape index (κ1) is 18.8. The van der Waals surface area contributed by atoms with Gasteiger partial charge in [0.05, 0.1) is 15.6 Å². The van der Waals surface area contributed by atoms with Crippen molar-refractivity contribution in [1.82, 2.24) is 0 Å². The summed E-state index contributed by atoms with van der Waals surface area (Å²) in [6.07, 6.45) is 2.83. The lowest BCUT2D eigenvalue weighted by Gasteiger charge is -2.02. The molecule has 3 aromatic rings. The van der Waals surface area contributed by atoms with Crippen LogP contribution in [0.5, 0.6) is 0 Å². The Labute approximate surface area is 164 Å². The van der Waals surface area contributed by atoms with Gasteiger partial charge in [0, 0.05) is 17.3 Å². The molecule has 2 N–H and O–H groups in total. The van der Waals surface area contributed by atoms with Crippen LogP contribution in [0.2, 0.25) is 10.0 Å². The summed E-state index contributed by atoms with van der Waals surface area (Å²) in [5.74, 6) is -0.401. The number of furan rings is 1. The Balaban J connectivity index is 1.67. The van der Waals surface area contributed by atoms with E-state index in [1.807, 2.05) is 0 Å². The Kier molecular flexibility index (Phi) is 5.64. The molecule has 5 nitrogen and oxygen atoms in total. The molecule has 1 aromatic heterocycles. The summed E-state index contributed by atoms with van der Waals surface area (Å²) in [5, 5.41) is 12.3. The molecule has 0 aliphatic carbocycles. The van der Waals surface area contributed by atoms with Crippen LogP contribution in [0.25, 0.3) is 17.4 Å². The molecule has 0 fully saturated rings. The summed E-state index contributed by atoms with van der Waals surface area (Å²) >= 11 is 12.2. The van der Waals surface area contributed by atoms with Crippen molar-refractivity contribution in [3.8, 4) is 11.3 Å².